The average molecular weight is 250 g/mol. The van der Waals surface area contributed by atoms with Gasteiger partial charge in [-0.3, -0.25) is 9.78 Å². The highest BCUT2D eigenvalue weighted by Crippen LogP contribution is 2.27. The fourth-order valence-electron chi connectivity index (χ4n) is 1.43. The monoisotopic (exact) mass is 249 g/mol. The van der Waals surface area contributed by atoms with E-state index in [4.69, 9.17) is 16.7 Å². The lowest BCUT2D eigenvalue weighted by molar-refractivity contribution is -0.136. The summed E-state index contributed by atoms with van der Waals surface area (Å²) in [5.41, 5.74) is 0.349. The number of carbonyl (C=O) groups is 1. The Morgan fingerprint density at radius 2 is 2.25 bits per heavy atom. The zero-order chi connectivity index (χ0) is 12.3. The lowest BCUT2D eigenvalue weighted by atomic mass is 10.0. The molecule has 0 fully saturated rings. The van der Waals surface area contributed by atoms with Gasteiger partial charge in [-0.15, -0.1) is 11.6 Å². The summed E-state index contributed by atoms with van der Waals surface area (Å²) >= 11 is 5.55. The van der Waals surface area contributed by atoms with E-state index in [1.807, 2.05) is 0 Å². The van der Waals surface area contributed by atoms with Crippen molar-refractivity contribution in [2.75, 3.05) is 0 Å². The van der Waals surface area contributed by atoms with Crippen molar-refractivity contribution < 1.29 is 18.7 Å². The Balaban J connectivity index is 3.29. The zero-order valence-corrected chi connectivity index (χ0v) is 9.26. The second-order valence-electron chi connectivity index (χ2n) is 3.28. The summed E-state index contributed by atoms with van der Waals surface area (Å²) in [6.45, 7) is 1.54. The van der Waals surface area contributed by atoms with Gasteiger partial charge in [0.25, 0.3) is 6.43 Å². The van der Waals surface area contributed by atoms with Gasteiger partial charge < -0.3 is 5.11 Å². The summed E-state index contributed by atoms with van der Waals surface area (Å²) in [5, 5.41) is 8.64. The minimum absolute atomic E-state index is 0.109. The van der Waals surface area contributed by atoms with Gasteiger partial charge >= 0.3 is 5.97 Å². The summed E-state index contributed by atoms with van der Waals surface area (Å²) in [7, 11) is 0. The Kier molecular flexibility index (Phi) is 4.18. The Hall–Kier alpha value is -1.23. The molecule has 0 aliphatic rings. The lowest BCUT2D eigenvalue weighted by Gasteiger charge is -2.11. The van der Waals surface area contributed by atoms with Crippen LogP contribution >= 0.6 is 11.6 Å². The van der Waals surface area contributed by atoms with Crippen molar-refractivity contribution in [1.29, 1.82) is 0 Å². The molecule has 0 amide bonds. The van der Waals surface area contributed by atoms with Gasteiger partial charge in [0.15, 0.2) is 0 Å². The second-order valence-corrected chi connectivity index (χ2v) is 3.55. The molecule has 1 aromatic rings. The maximum atomic E-state index is 12.7. The fraction of sp³-hybridized carbons (Fsp3) is 0.400. The van der Waals surface area contributed by atoms with Gasteiger partial charge in [-0.1, -0.05) is 0 Å². The quantitative estimate of drug-likeness (QED) is 0.835. The first-order valence-electron chi connectivity index (χ1n) is 4.51. The lowest BCUT2D eigenvalue weighted by Crippen LogP contribution is -2.09. The molecule has 0 aromatic carbocycles. The number of hydrogen-bond donors (Lipinski definition) is 1. The van der Waals surface area contributed by atoms with Crippen LogP contribution in [-0.4, -0.2) is 16.1 Å². The van der Waals surface area contributed by atoms with Crippen molar-refractivity contribution in [2.24, 2.45) is 0 Å². The fourth-order valence-corrected chi connectivity index (χ4v) is 1.74. The number of pyridine rings is 1. The van der Waals surface area contributed by atoms with E-state index in [-0.39, 0.29) is 22.7 Å². The summed E-state index contributed by atoms with van der Waals surface area (Å²) < 4.78 is 25.4. The number of carboxylic acid groups (broad SMARTS) is 1. The van der Waals surface area contributed by atoms with Crippen molar-refractivity contribution in [1.82, 2.24) is 4.98 Å². The molecule has 0 unspecified atom stereocenters. The largest absolute Gasteiger partial charge is 0.481 e. The van der Waals surface area contributed by atoms with Crippen LogP contribution in [0.5, 0.6) is 0 Å². The molecule has 0 saturated heterocycles. The Labute approximate surface area is 96.1 Å². The van der Waals surface area contributed by atoms with Crippen molar-refractivity contribution in [2.45, 2.75) is 25.7 Å². The minimum atomic E-state index is -2.68. The van der Waals surface area contributed by atoms with Crippen molar-refractivity contribution >= 4 is 17.6 Å². The van der Waals surface area contributed by atoms with Crippen LogP contribution in [0.4, 0.5) is 8.78 Å². The van der Waals surface area contributed by atoms with Crippen LogP contribution in [-0.2, 0) is 17.1 Å². The number of aryl methyl sites for hydroxylation is 1. The molecule has 0 bridgehead atoms. The van der Waals surface area contributed by atoms with Crippen molar-refractivity contribution in [3.8, 4) is 0 Å². The third-order valence-corrected chi connectivity index (χ3v) is 2.33. The van der Waals surface area contributed by atoms with Crippen LogP contribution in [0.2, 0.25) is 0 Å². The molecule has 1 aromatic heterocycles. The predicted octanol–water partition coefficient (Wildman–Crippen LogP) is 2.69. The number of rotatable bonds is 4. The number of nitrogens with zero attached hydrogens (tertiary/aromatic N) is 1. The summed E-state index contributed by atoms with van der Waals surface area (Å²) in [6.07, 6.45) is -3.08. The van der Waals surface area contributed by atoms with Gasteiger partial charge in [-0.2, -0.15) is 0 Å². The second kappa shape index (κ2) is 5.21. The zero-order valence-electron chi connectivity index (χ0n) is 8.51. The molecule has 0 aliphatic carbocycles. The number of halogens is 3. The highest BCUT2D eigenvalue weighted by molar-refractivity contribution is 6.17. The number of aliphatic carboxylic acids is 1. The first-order chi connectivity index (χ1) is 7.45. The van der Waals surface area contributed by atoms with Gasteiger partial charge in [0.2, 0.25) is 0 Å². The highest BCUT2D eigenvalue weighted by atomic mass is 35.5. The number of alkyl halides is 3. The predicted molar refractivity (Wildman–Crippen MR) is 54.8 cm³/mol. The molecule has 0 saturated carbocycles. The molecule has 88 valence electrons. The number of aromatic nitrogens is 1. The first-order valence-corrected chi connectivity index (χ1v) is 5.04. The van der Waals surface area contributed by atoms with Crippen LogP contribution in [0.15, 0.2) is 6.07 Å². The molecule has 1 N–H and O–H groups in total. The van der Waals surface area contributed by atoms with Gasteiger partial charge in [-0.25, -0.2) is 8.78 Å². The van der Waals surface area contributed by atoms with E-state index >= 15 is 0 Å². The Morgan fingerprint density at radius 3 is 2.69 bits per heavy atom. The first kappa shape index (κ1) is 12.8. The molecular formula is C10H10ClF2NO2. The number of carboxylic acids is 1. The van der Waals surface area contributed by atoms with E-state index in [1.165, 1.54) is 13.0 Å². The summed E-state index contributed by atoms with van der Waals surface area (Å²) in [4.78, 5) is 14.5. The van der Waals surface area contributed by atoms with Gasteiger partial charge in [0.05, 0.1) is 12.1 Å². The van der Waals surface area contributed by atoms with Crippen molar-refractivity contribution in [3.63, 3.8) is 0 Å². The van der Waals surface area contributed by atoms with Crippen LogP contribution < -0.4 is 0 Å². The molecule has 16 heavy (non-hydrogen) atoms. The molecule has 0 atom stereocenters. The van der Waals surface area contributed by atoms with Crippen LogP contribution in [0.3, 0.4) is 0 Å². The highest BCUT2D eigenvalue weighted by Gasteiger charge is 2.19. The van der Waals surface area contributed by atoms with E-state index in [1.54, 1.807) is 0 Å². The molecule has 1 heterocycles. The summed E-state index contributed by atoms with van der Waals surface area (Å²) in [5.74, 6) is -1.29. The third kappa shape index (κ3) is 2.88. The molecular weight excluding hydrogens is 240 g/mol. The SMILES string of the molecule is Cc1cc(C(F)F)c(CCl)c(CC(=O)O)n1. The van der Waals surface area contributed by atoms with Crippen LogP contribution in [0, 0.1) is 6.92 Å². The van der Waals surface area contributed by atoms with Gasteiger partial charge in [0.1, 0.15) is 0 Å². The average Bonchev–Trinajstić information content (AvgIpc) is 2.15. The van der Waals surface area contributed by atoms with Crippen molar-refractivity contribution in [3.05, 3.63) is 28.6 Å². The summed E-state index contributed by atoms with van der Waals surface area (Å²) in [6, 6.07) is 1.23. The Morgan fingerprint density at radius 1 is 1.62 bits per heavy atom. The van der Waals surface area contributed by atoms with E-state index in [0.717, 1.165) is 0 Å². The number of hydrogen-bond acceptors (Lipinski definition) is 2. The maximum absolute atomic E-state index is 12.7. The third-order valence-electron chi connectivity index (χ3n) is 2.06. The van der Waals surface area contributed by atoms with E-state index in [2.05, 4.69) is 4.98 Å². The van der Waals surface area contributed by atoms with Gasteiger partial charge in [-0.05, 0) is 18.6 Å². The maximum Gasteiger partial charge on any atom is 0.309 e. The molecule has 1 rings (SSSR count). The minimum Gasteiger partial charge on any atom is -0.481 e. The molecule has 3 nitrogen and oxygen atoms in total. The van der Waals surface area contributed by atoms with Crippen LogP contribution in [0.1, 0.15) is 28.9 Å². The van der Waals surface area contributed by atoms with E-state index < -0.39 is 18.8 Å². The smallest absolute Gasteiger partial charge is 0.309 e. The topological polar surface area (TPSA) is 50.2 Å². The van der Waals surface area contributed by atoms with Gasteiger partial charge in [0, 0.05) is 17.1 Å². The molecule has 0 spiro atoms. The van der Waals surface area contributed by atoms with E-state index in [0.29, 0.717) is 5.69 Å². The molecule has 6 heteroatoms. The Bertz CT molecular complexity index is 410. The van der Waals surface area contributed by atoms with E-state index in [9.17, 15) is 13.6 Å². The molecule has 0 aliphatic heterocycles. The molecule has 0 radical (unpaired) electrons. The normalized spacial score (nSPS) is 10.8. The van der Waals surface area contributed by atoms with Crippen LogP contribution in [0.25, 0.3) is 0 Å². The standard InChI is InChI=1S/C10H10ClF2NO2/c1-5-2-6(10(12)13)7(4-11)8(14-5)3-9(15)16/h2,10H,3-4H2,1H3,(H,15,16).